The highest BCUT2D eigenvalue weighted by atomic mass is 32.2. The maximum absolute atomic E-state index is 13.2. The van der Waals surface area contributed by atoms with Crippen molar-refractivity contribution < 1.29 is 4.21 Å². The minimum Gasteiger partial charge on any atom is -0.316 e. The van der Waals surface area contributed by atoms with E-state index in [-0.39, 0.29) is 5.25 Å². The first-order valence-corrected chi connectivity index (χ1v) is 9.51. The van der Waals surface area contributed by atoms with E-state index in [1.54, 1.807) is 0 Å². The Labute approximate surface area is 131 Å². The summed E-state index contributed by atoms with van der Waals surface area (Å²) in [4.78, 5) is 1.04. The van der Waals surface area contributed by atoms with Crippen molar-refractivity contribution in [3.63, 3.8) is 0 Å². The zero-order valence-corrected chi connectivity index (χ0v) is 14.2. The summed E-state index contributed by atoms with van der Waals surface area (Å²) in [5.41, 5.74) is 2.89. The third-order valence-electron chi connectivity index (χ3n) is 5.31. The Morgan fingerprint density at radius 2 is 1.90 bits per heavy atom. The number of hydrogen-bond acceptors (Lipinski definition) is 2. The van der Waals surface area contributed by atoms with Crippen LogP contribution in [-0.2, 0) is 23.6 Å². The second-order valence-corrected chi connectivity index (χ2v) is 8.61. The monoisotopic (exact) mass is 305 g/mol. The van der Waals surface area contributed by atoms with Gasteiger partial charge in [0.25, 0.3) is 0 Å². The molecule has 2 aliphatic rings. The van der Waals surface area contributed by atoms with Crippen molar-refractivity contribution in [1.82, 2.24) is 5.32 Å². The molecule has 21 heavy (non-hydrogen) atoms. The van der Waals surface area contributed by atoms with Gasteiger partial charge in [-0.2, -0.15) is 0 Å². The normalized spacial score (nSPS) is 33.7. The van der Waals surface area contributed by atoms with Gasteiger partial charge < -0.3 is 5.32 Å². The van der Waals surface area contributed by atoms with Crippen LogP contribution in [-0.4, -0.2) is 22.5 Å². The highest BCUT2D eigenvalue weighted by Crippen LogP contribution is 2.35. The smallest absolute Gasteiger partial charge is 0.0579 e. The molecule has 0 aromatic heterocycles. The van der Waals surface area contributed by atoms with Gasteiger partial charge in [0, 0.05) is 10.9 Å². The van der Waals surface area contributed by atoms with Crippen molar-refractivity contribution in [3.8, 4) is 0 Å². The number of aryl methyl sites for hydroxylation is 2. The highest BCUT2D eigenvalue weighted by molar-refractivity contribution is 7.85. The summed E-state index contributed by atoms with van der Waals surface area (Å²) in [7, 11) is 1.12. The van der Waals surface area contributed by atoms with Crippen molar-refractivity contribution in [1.29, 1.82) is 0 Å². The predicted octanol–water partition coefficient (Wildman–Crippen LogP) is 3.31. The number of hydrogen-bond donors (Lipinski definition) is 1. The van der Waals surface area contributed by atoms with E-state index in [4.69, 9.17) is 0 Å². The van der Waals surface area contributed by atoms with Crippen LogP contribution >= 0.6 is 0 Å². The molecule has 1 aromatic carbocycles. The summed E-state index contributed by atoms with van der Waals surface area (Å²) in [5, 5.41) is 3.67. The van der Waals surface area contributed by atoms with Crippen molar-refractivity contribution >= 4 is 10.8 Å². The number of nitrogens with one attached hydrogen (secondary N) is 1. The Kier molecular flexibility index (Phi) is 4.51. The molecule has 116 valence electrons. The van der Waals surface area contributed by atoms with Gasteiger partial charge in [-0.25, -0.2) is 0 Å². The van der Waals surface area contributed by atoms with E-state index in [0.717, 1.165) is 23.7 Å². The van der Waals surface area contributed by atoms with Crippen LogP contribution in [0.2, 0.25) is 0 Å². The molecule has 1 aromatic rings. The molecule has 5 atom stereocenters. The predicted molar refractivity (Wildman–Crippen MR) is 89.1 cm³/mol. The topological polar surface area (TPSA) is 29.1 Å². The van der Waals surface area contributed by atoms with Crippen LogP contribution < -0.4 is 5.32 Å². The molecule has 2 nitrogen and oxygen atoms in total. The molecule has 1 saturated carbocycles. The molecule has 0 radical (unpaired) electrons. The third kappa shape index (κ3) is 2.95. The number of benzene rings is 1. The molecule has 2 aliphatic carbocycles. The minimum atomic E-state index is -0.900. The van der Waals surface area contributed by atoms with E-state index >= 15 is 0 Å². The number of fused-ring (bicyclic) bond motifs is 1. The van der Waals surface area contributed by atoms with Gasteiger partial charge in [0.1, 0.15) is 0 Å². The lowest BCUT2D eigenvalue weighted by molar-refractivity contribution is 0.253. The lowest BCUT2D eigenvalue weighted by atomic mass is 9.80. The second kappa shape index (κ2) is 6.21. The molecule has 0 spiro atoms. The van der Waals surface area contributed by atoms with Gasteiger partial charge in [0.05, 0.1) is 16.0 Å². The largest absolute Gasteiger partial charge is 0.316 e. The average Bonchev–Trinajstić information content (AvgIpc) is 2.93. The van der Waals surface area contributed by atoms with Crippen LogP contribution in [0.5, 0.6) is 0 Å². The zero-order chi connectivity index (χ0) is 15.0. The fraction of sp³-hybridized carbons (Fsp3) is 0.667. The molecule has 3 rings (SSSR count). The summed E-state index contributed by atoms with van der Waals surface area (Å²) in [6.45, 7) is 4.59. The van der Waals surface area contributed by atoms with Gasteiger partial charge >= 0.3 is 0 Å². The summed E-state index contributed by atoms with van der Waals surface area (Å²) in [5.74, 6) is 1.24. The number of rotatable bonds is 3. The molecule has 0 aliphatic heterocycles. The van der Waals surface area contributed by atoms with Gasteiger partial charge in [-0.3, -0.25) is 4.21 Å². The van der Waals surface area contributed by atoms with E-state index in [0.29, 0.717) is 12.0 Å². The van der Waals surface area contributed by atoms with Gasteiger partial charge in [-0.1, -0.05) is 19.9 Å². The van der Waals surface area contributed by atoms with Crippen molar-refractivity contribution in [3.05, 3.63) is 29.3 Å². The van der Waals surface area contributed by atoms with Crippen LogP contribution in [0.1, 0.15) is 44.2 Å². The van der Waals surface area contributed by atoms with E-state index < -0.39 is 10.8 Å². The van der Waals surface area contributed by atoms with Crippen LogP contribution in [0.3, 0.4) is 0 Å². The van der Waals surface area contributed by atoms with Crippen molar-refractivity contribution in [2.45, 2.75) is 62.1 Å². The maximum atomic E-state index is 13.2. The Morgan fingerprint density at radius 1 is 1.14 bits per heavy atom. The van der Waals surface area contributed by atoms with Gasteiger partial charge in [-0.15, -0.1) is 0 Å². The quantitative estimate of drug-likeness (QED) is 0.928. The molecule has 1 N–H and O–H groups in total. The highest BCUT2D eigenvalue weighted by Gasteiger charge is 2.37. The molecular formula is C18H27NOS. The first-order valence-electron chi connectivity index (χ1n) is 8.29. The Hall–Kier alpha value is -0.670. The zero-order valence-electron chi connectivity index (χ0n) is 13.4. The SMILES string of the molecule is CNC1CC(C)CC(C)C1S(=O)c1ccc2c(c1)CCC2. The van der Waals surface area contributed by atoms with Gasteiger partial charge in [-0.05, 0) is 74.2 Å². The summed E-state index contributed by atoms with van der Waals surface area (Å²) < 4.78 is 13.2. The third-order valence-corrected chi connectivity index (χ3v) is 7.31. The summed E-state index contributed by atoms with van der Waals surface area (Å²) in [6, 6.07) is 6.91. The average molecular weight is 305 g/mol. The van der Waals surface area contributed by atoms with Crippen LogP contribution in [0.15, 0.2) is 23.1 Å². The summed E-state index contributed by atoms with van der Waals surface area (Å²) in [6.07, 6.45) is 5.94. The molecule has 0 saturated heterocycles. The Bertz CT molecular complexity index is 542. The minimum absolute atomic E-state index is 0.241. The van der Waals surface area contributed by atoms with Gasteiger partial charge in [0.2, 0.25) is 0 Å². The van der Waals surface area contributed by atoms with E-state index in [9.17, 15) is 4.21 Å². The summed E-state index contributed by atoms with van der Waals surface area (Å²) >= 11 is 0. The lowest BCUT2D eigenvalue weighted by Gasteiger charge is -2.38. The van der Waals surface area contributed by atoms with Crippen LogP contribution in [0.25, 0.3) is 0 Å². The van der Waals surface area contributed by atoms with E-state index in [1.165, 1.54) is 30.4 Å². The Balaban J connectivity index is 1.86. The second-order valence-electron chi connectivity index (χ2n) is 7.00. The molecule has 0 heterocycles. The van der Waals surface area contributed by atoms with Crippen molar-refractivity contribution in [2.75, 3.05) is 7.05 Å². The van der Waals surface area contributed by atoms with Crippen LogP contribution in [0, 0.1) is 11.8 Å². The molecule has 3 heteroatoms. The van der Waals surface area contributed by atoms with Crippen molar-refractivity contribution in [2.24, 2.45) is 11.8 Å². The molecule has 0 bridgehead atoms. The molecular weight excluding hydrogens is 278 g/mol. The first kappa shape index (κ1) is 15.2. The fourth-order valence-corrected chi connectivity index (χ4v) is 6.16. The maximum Gasteiger partial charge on any atom is 0.0579 e. The Morgan fingerprint density at radius 3 is 2.67 bits per heavy atom. The van der Waals surface area contributed by atoms with E-state index in [2.05, 4.69) is 37.4 Å². The molecule has 5 unspecified atom stereocenters. The van der Waals surface area contributed by atoms with Gasteiger partial charge in [0.15, 0.2) is 0 Å². The van der Waals surface area contributed by atoms with E-state index in [1.807, 2.05) is 7.05 Å². The lowest BCUT2D eigenvalue weighted by Crippen LogP contribution is -2.48. The molecule has 0 amide bonds. The fourth-order valence-electron chi connectivity index (χ4n) is 4.30. The standard InChI is InChI=1S/C18H27NOS/c1-12-9-13(2)18(17(10-12)19-3)21(20)16-8-7-14-5-4-6-15(14)11-16/h7-8,11-13,17-19H,4-6,9-10H2,1-3H3. The first-order chi connectivity index (χ1) is 10.1. The van der Waals surface area contributed by atoms with Crippen LogP contribution in [0.4, 0.5) is 0 Å². The molecule has 1 fully saturated rings.